The van der Waals surface area contributed by atoms with E-state index in [1.807, 2.05) is 57.2 Å². The van der Waals surface area contributed by atoms with Crippen LogP contribution < -0.4 is 10.1 Å². The molecule has 216 valence electrons. The number of para-hydroxylation sites is 1. The average Bonchev–Trinajstić information content (AvgIpc) is 3.59. The summed E-state index contributed by atoms with van der Waals surface area (Å²) < 4.78 is 56.8. The van der Waals surface area contributed by atoms with Gasteiger partial charge in [0.25, 0.3) is 0 Å². The van der Waals surface area contributed by atoms with Gasteiger partial charge in [0, 0.05) is 36.7 Å². The van der Waals surface area contributed by atoms with Crippen molar-refractivity contribution in [2.75, 3.05) is 18.4 Å². The maximum Gasteiger partial charge on any atom is 0.449 e. The Hall–Kier alpha value is -3.95. The van der Waals surface area contributed by atoms with Crippen LogP contribution in [0.25, 0.3) is 0 Å². The maximum atomic E-state index is 13.9. The summed E-state index contributed by atoms with van der Waals surface area (Å²) in [6.45, 7) is 6.57. The van der Waals surface area contributed by atoms with Crippen molar-refractivity contribution in [3.63, 3.8) is 0 Å². The highest BCUT2D eigenvalue weighted by Crippen LogP contribution is 2.54. The third kappa shape index (κ3) is 4.73. The zero-order valence-electron chi connectivity index (χ0n) is 23.0. The number of anilines is 1. The van der Waals surface area contributed by atoms with Crippen molar-refractivity contribution < 1.29 is 36.7 Å². The van der Waals surface area contributed by atoms with Gasteiger partial charge in [-0.3, -0.25) is 4.79 Å². The number of hydrogen-bond donors (Lipinski definition) is 1. The van der Waals surface area contributed by atoms with Gasteiger partial charge in [-0.1, -0.05) is 30.3 Å². The van der Waals surface area contributed by atoms with Crippen LogP contribution in [0, 0.1) is 0 Å². The van der Waals surface area contributed by atoms with Gasteiger partial charge in [0.1, 0.15) is 28.6 Å². The van der Waals surface area contributed by atoms with Crippen LogP contribution in [0.1, 0.15) is 67.7 Å². The molecule has 1 aromatic heterocycles. The fraction of sp³-hybridized carbons (Fsp3) is 0.419. The fourth-order valence-electron chi connectivity index (χ4n) is 6.25. The molecule has 2 amide bonds. The Kier molecular flexibility index (Phi) is 6.35. The number of ether oxygens (including phenoxy) is 2. The number of fused-ring (bicyclic) bond motifs is 4. The molecule has 3 aliphatic rings. The average molecular weight is 569 g/mol. The van der Waals surface area contributed by atoms with Gasteiger partial charge in [-0.25, -0.2) is 4.79 Å². The van der Waals surface area contributed by atoms with E-state index in [9.17, 15) is 22.8 Å². The second-order valence-electron chi connectivity index (χ2n) is 11.9. The van der Waals surface area contributed by atoms with Crippen LogP contribution in [-0.4, -0.2) is 41.7 Å². The lowest BCUT2D eigenvalue weighted by atomic mass is 9.70. The van der Waals surface area contributed by atoms with Crippen LogP contribution in [0.3, 0.4) is 0 Å². The topological polar surface area (TPSA) is 81.0 Å². The molecule has 0 aliphatic carbocycles. The molecule has 0 radical (unpaired) electrons. The molecule has 3 aliphatic heterocycles. The van der Waals surface area contributed by atoms with Crippen LogP contribution in [0.5, 0.6) is 5.75 Å². The Bertz CT molecular complexity index is 1510. The number of benzene rings is 2. The number of carbonyl (C=O) groups excluding carboxylic acids is 2. The zero-order chi connectivity index (χ0) is 29.2. The number of piperidine rings is 1. The lowest BCUT2D eigenvalue weighted by Crippen LogP contribution is -2.46. The number of furan rings is 1. The highest BCUT2D eigenvalue weighted by Gasteiger charge is 2.60. The standard InChI is InChI=1S/C31H31F3N2O5/c1-29(2,3)41-28(38)36-14-6-7-19(17-36)18-10-12-24-22(15-18)30(21-8-4-5-9-23(21)35-27(30)37)26(40-24)16-20-11-13-25(39-20)31(32,33)34/h4-5,8-13,15,19,26H,6-7,14,16-17H2,1-3H3,(H,35,37)/t19?,26-,30?/m1/s1. The van der Waals surface area contributed by atoms with Gasteiger partial charge in [0.2, 0.25) is 11.7 Å². The number of amides is 2. The molecule has 2 aromatic carbocycles. The second kappa shape index (κ2) is 9.56. The number of hydrogen-bond acceptors (Lipinski definition) is 5. The Balaban J connectivity index is 1.37. The third-order valence-electron chi connectivity index (χ3n) is 8.01. The Morgan fingerprint density at radius 1 is 1.10 bits per heavy atom. The Labute approximate surface area is 235 Å². The van der Waals surface area contributed by atoms with E-state index in [4.69, 9.17) is 13.9 Å². The minimum absolute atomic E-state index is 0.0109. The first kappa shape index (κ1) is 27.2. The van der Waals surface area contributed by atoms with Crippen molar-refractivity contribution in [1.29, 1.82) is 0 Å². The normalized spacial score (nSPS) is 23.7. The molecule has 6 rings (SSSR count). The van der Waals surface area contributed by atoms with E-state index >= 15 is 0 Å². The van der Waals surface area contributed by atoms with Crippen molar-refractivity contribution in [3.05, 3.63) is 82.8 Å². The summed E-state index contributed by atoms with van der Waals surface area (Å²) in [6, 6.07) is 15.2. The number of carbonyl (C=O) groups is 2. The van der Waals surface area contributed by atoms with Crippen molar-refractivity contribution in [2.45, 2.75) is 69.2 Å². The van der Waals surface area contributed by atoms with Gasteiger partial charge in [-0.2, -0.15) is 13.2 Å². The van der Waals surface area contributed by atoms with Gasteiger partial charge in [0.05, 0.1) is 0 Å². The highest BCUT2D eigenvalue weighted by atomic mass is 19.4. The Morgan fingerprint density at radius 2 is 1.88 bits per heavy atom. The molecule has 1 fully saturated rings. The van der Waals surface area contributed by atoms with E-state index < -0.39 is 29.1 Å². The lowest BCUT2D eigenvalue weighted by Gasteiger charge is -2.34. The maximum absolute atomic E-state index is 13.9. The zero-order valence-corrected chi connectivity index (χ0v) is 23.0. The quantitative estimate of drug-likeness (QED) is 0.383. The number of nitrogens with zero attached hydrogens (tertiary/aromatic N) is 1. The summed E-state index contributed by atoms with van der Waals surface area (Å²) in [4.78, 5) is 28.4. The third-order valence-corrected chi connectivity index (χ3v) is 8.01. The summed E-state index contributed by atoms with van der Waals surface area (Å²) in [5.41, 5.74) is 1.05. The van der Waals surface area contributed by atoms with E-state index in [1.165, 1.54) is 6.07 Å². The van der Waals surface area contributed by atoms with Gasteiger partial charge in [-0.05, 0) is 69.0 Å². The van der Waals surface area contributed by atoms with E-state index in [-0.39, 0.29) is 30.1 Å². The molecule has 10 heteroatoms. The first-order chi connectivity index (χ1) is 19.4. The number of halogens is 3. The van der Waals surface area contributed by atoms with Gasteiger partial charge in [0.15, 0.2) is 0 Å². The summed E-state index contributed by atoms with van der Waals surface area (Å²) in [7, 11) is 0. The minimum atomic E-state index is -4.62. The SMILES string of the molecule is CC(C)(C)OC(=O)N1CCCC(c2ccc3c(c2)C2(C(=O)Nc4ccccc42)[C@@H](Cc2ccc(C(F)(F)F)o2)O3)C1. The van der Waals surface area contributed by atoms with E-state index in [2.05, 4.69) is 5.32 Å². The summed E-state index contributed by atoms with van der Waals surface area (Å²) in [6.07, 6.45) is -4.20. The molecule has 2 unspecified atom stereocenters. The number of rotatable bonds is 3. The van der Waals surface area contributed by atoms with E-state index in [0.717, 1.165) is 24.5 Å². The molecule has 1 saturated heterocycles. The van der Waals surface area contributed by atoms with Crippen LogP contribution in [0.4, 0.5) is 23.7 Å². The number of nitrogens with one attached hydrogen (secondary N) is 1. The van der Waals surface area contributed by atoms with Crippen molar-refractivity contribution >= 4 is 17.7 Å². The first-order valence-electron chi connectivity index (χ1n) is 13.7. The van der Waals surface area contributed by atoms with Crippen molar-refractivity contribution in [3.8, 4) is 5.75 Å². The lowest BCUT2D eigenvalue weighted by molar-refractivity contribution is -0.153. The van der Waals surface area contributed by atoms with Gasteiger partial charge in [-0.15, -0.1) is 0 Å². The van der Waals surface area contributed by atoms with Gasteiger partial charge >= 0.3 is 12.3 Å². The molecule has 7 nitrogen and oxygen atoms in total. The van der Waals surface area contributed by atoms with Gasteiger partial charge < -0.3 is 24.1 Å². The van der Waals surface area contributed by atoms with E-state index in [1.54, 1.807) is 11.0 Å². The van der Waals surface area contributed by atoms with Crippen LogP contribution in [-0.2, 0) is 27.5 Å². The molecule has 1 N–H and O–H groups in total. The predicted molar refractivity (Wildman–Crippen MR) is 144 cm³/mol. The van der Waals surface area contributed by atoms with Crippen molar-refractivity contribution in [2.24, 2.45) is 0 Å². The predicted octanol–water partition coefficient (Wildman–Crippen LogP) is 6.65. The second-order valence-corrected chi connectivity index (χ2v) is 11.9. The van der Waals surface area contributed by atoms with Crippen LogP contribution in [0.15, 0.2) is 59.0 Å². The Morgan fingerprint density at radius 3 is 2.61 bits per heavy atom. The molecule has 0 saturated carbocycles. The molecule has 3 aromatic rings. The molecule has 1 spiro atoms. The number of likely N-dealkylation sites (tertiary alicyclic amines) is 1. The largest absolute Gasteiger partial charge is 0.488 e. The fourth-order valence-corrected chi connectivity index (χ4v) is 6.25. The van der Waals surface area contributed by atoms with E-state index in [0.29, 0.717) is 35.7 Å². The molecule has 4 heterocycles. The molecular weight excluding hydrogens is 537 g/mol. The van der Waals surface area contributed by atoms with Crippen molar-refractivity contribution in [1.82, 2.24) is 4.90 Å². The summed E-state index contributed by atoms with van der Waals surface area (Å²) >= 11 is 0. The molecule has 0 bridgehead atoms. The van der Waals surface area contributed by atoms with Crippen LogP contribution in [0.2, 0.25) is 0 Å². The smallest absolute Gasteiger partial charge is 0.449 e. The monoisotopic (exact) mass is 568 g/mol. The molecule has 3 atom stereocenters. The summed E-state index contributed by atoms with van der Waals surface area (Å²) in [5.74, 6) is -0.819. The first-order valence-corrected chi connectivity index (χ1v) is 13.7. The highest BCUT2D eigenvalue weighted by molar-refractivity contribution is 6.10. The summed E-state index contributed by atoms with van der Waals surface area (Å²) in [5, 5.41) is 2.96. The minimum Gasteiger partial charge on any atom is -0.488 e. The molecule has 41 heavy (non-hydrogen) atoms. The van der Waals surface area contributed by atoms with Crippen LogP contribution >= 0.6 is 0 Å². The number of alkyl halides is 3. The molecular formula is C31H31F3N2O5.